The Bertz CT molecular complexity index is 1400. The van der Waals surface area contributed by atoms with Crippen molar-refractivity contribution >= 4 is 39.2 Å². The first-order valence-corrected chi connectivity index (χ1v) is 12.2. The first kappa shape index (κ1) is 25.8. The van der Waals surface area contributed by atoms with Crippen LogP contribution in [0.3, 0.4) is 0 Å². The third kappa shape index (κ3) is 6.09. The monoisotopic (exact) mass is 535 g/mol. The number of para-hydroxylation sites is 1. The molecular weight excluding hydrogens is 515 g/mol. The van der Waals surface area contributed by atoms with Crippen molar-refractivity contribution in [3.63, 3.8) is 0 Å². The summed E-state index contributed by atoms with van der Waals surface area (Å²) in [7, 11) is -4.08. The summed E-state index contributed by atoms with van der Waals surface area (Å²) in [4.78, 5) is 30.5. The fraction of sp³-hybridized carbons (Fsp3) is 0.174. The maximum absolute atomic E-state index is 13.1. The van der Waals surface area contributed by atoms with E-state index in [0.717, 1.165) is 29.2 Å². The number of carbonyl (C=O) groups excluding carboxylic acids is 2. The Balaban J connectivity index is 1.53. The molecule has 1 fully saturated rings. The largest absolute Gasteiger partial charge is 0.573 e. The highest BCUT2D eigenvalue weighted by Gasteiger charge is 2.43. The van der Waals surface area contributed by atoms with Crippen LogP contribution in [0.25, 0.3) is 0 Å². The first-order valence-electron chi connectivity index (χ1n) is 10.7. The van der Waals surface area contributed by atoms with E-state index in [9.17, 15) is 31.2 Å². The number of nitrogens with one attached hydrogen (secondary N) is 3. The second-order valence-electron chi connectivity index (χ2n) is 7.97. The molecule has 194 valence electrons. The van der Waals surface area contributed by atoms with Crippen LogP contribution >= 0.6 is 0 Å². The third-order valence-corrected chi connectivity index (χ3v) is 6.41. The van der Waals surface area contributed by atoms with Gasteiger partial charge < -0.3 is 10.1 Å². The molecule has 1 aliphatic rings. The van der Waals surface area contributed by atoms with E-state index in [1.165, 1.54) is 18.5 Å². The molecule has 0 aliphatic carbocycles. The smallest absolute Gasteiger partial charge is 0.406 e. The molecule has 3 N–H and O–H groups in total. The maximum Gasteiger partial charge on any atom is 0.573 e. The average molecular weight is 536 g/mol. The van der Waals surface area contributed by atoms with Crippen molar-refractivity contribution in [2.24, 2.45) is 0 Å². The molecule has 1 aliphatic heterocycles. The van der Waals surface area contributed by atoms with E-state index in [2.05, 4.69) is 24.5 Å². The molecule has 1 saturated heterocycles. The van der Waals surface area contributed by atoms with E-state index in [1.807, 2.05) is 0 Å². The van der Waals surface area contributed by atoms with Crippen LogP contribution in [0.15, 0.2) is 73.1 Å². The van der Waals surface area contributed by atoms with Gasteiger partial charge in [-0.1, -0.05) is 25.1 Å². The van der Waals surface area contributed by atoms with Crippen LogP contribution in [0.4, 0.5) is 35.0 Å². The number of pyridine rings is 1. The molecule has 14 heteroatoms. The zero-order chi connectivity index (χ0) is 26.8. The number of benzene rings is 2. The summed E-state index contributed by atoms with van der Waals surface area (Å²) in [5, 5.41) is 2.55. The molecule has 2 aromatic carbocycles. The van der Waals surface area contributed by atoms with E-state index >= 15 is 0 Å². The van der Waals surface area contributed by atoms with Crippen LogP contribution in [0.2, 0.25) is 0 Å². The van der Waals surface area contributed by atoms with Crippen LogP contribution in [0.5, 0.6) is 5.75 Å². The Labute approximate surface area is 209 Å². The fourth-order valence-electron chi connectivity index (χ4n) is 3.78. The number of nitrogens with zero attached hydrogens (tertiary/aromatic N) is 2. The summed E-state index contributed by atoms with van der Waals surface area (Å²) < 4.78 is 71.1. The molecule has 10 nitrogen and oxygen atoms in total. The molecule has 2 unspecified atom stereocenters. The standard InChI is InChI=1S/C23H20F3N5O5S/c1-14(18-11-12-27-13-19(18)30-37(34,35)29-15-5-3-2-4-6-15)20-21(32)31(22(33)28-20)16-7-9-17(10-8-16)36-23(24,25)26/h2-14,20,29-30H,1H3,(H,28,33). The van der Waals surface area contributed by atoms with Crippen molar-refractivity contribution in [2.45, 2.75) is 25.2 Å². The van der Waals surface area contributed by atoms with Crippen molar-refractivity contribution in [1.29, 1.82) is 0 Å². The van der Waals surface area contributed by atoms with Crippen LogP contribution in [0.1, 0.15) is 18.4 Å². The minimum atomic E-state index is -4.89. The second kappa shape index (κ2) is 9.97. The van der Waals surface area contributed by atoms with Gasteiger partial charge in [0.2, 0.25) is 0 Å². The summed E-state index contributed by atoms with van der Waals surface area (Å²) in [6.45, 7) is 1.62. The van der Waals surface area contributed by atoms with Gasteiger partial charge in [-0.3, -0.25) is 19.2 Å². The van der Waals surface area contributed by atoms with Gasteiger partial charge in [0.15, 0.2) is 0 Å². The van der Waals surface area contributed by atoms with E-state index < -0.39 is 46.2 Å². The normalized spacial score (nSPS) is 16.8. The number of hydrogen-bond donors (Lipinski definition) is 3. The molecule has 2 atom stereocenters. The molecule has 0 radical (unpaired) electrons. The number of urea groups is 1. The molecule has 3 aromatic rings. The topological polar surface area (TPSA) is 130 Å². The van der Waals surface area contributed by atoms with E-state index in [1.54, 1.807) is 37.3 Å². The minimum absolute atomic E-state index is 0.0365. The molecule has 0 bridgehead atoms. The van der Waals surface area contributed by atoms with Gasteiger partial charge in [0, 0.05) is 12.1 Å². The molecule has 0 spiro atoms. The average Bonchev–Trinajstić information content (AvgIpc) is 3.12. The molecule has 1 aromatic heterocycles. The second-order valence-corrected chi connectivity index (χ2v) is 9.38. The van der Waals surface area contributed by atoms with E-state index in [-0.39, 0.29) is 11.4 Å². The lowest BCUT2D eigenvalue weighted by Crippen LogP contribution is -2.35. The summed E-state index contributed by atoms with van der Waals surface area (Å²) in [5.41, 5.74) is 0.832. The molecule has 2 heterocycles. The van der Waals surface area contributed by atoms with Gasteiger partial charge in [0.1, 0.15) is 11.8 Å². The highest BCUT2D eigenvalue weighted by atomic mass is 32.2. The number of anilines is 3. The van der Waals surface area contributed by atoms with Gasteiger partial charge in [-0.05, 0) is 48.0 Å². The zero-order valence-electron chi connectivity index (χ0n) is 19.1. The van der Waals surface area contributed by atoms with Crippen LogP contribution in [-0.2, 0) is 15.0 Å². The van der Waals surface area contributed by atoms with Gasteiger partial charge in [-0.25, -0.2) is 9.69 Å². The van der Waals surface area contributed by atoms with E-state index in [0.29, 0.717) is 11.3 Å². The third-order valence-electron chi connectivity index (χ3n) is 5.41. The fourth-order valence-corrected chi connectivity index (χ4v) is 4.73. The highest BCUT2D eigenvalue weighted by molar-refractivity contribution is 7.94. The Hall–Kier alpha value is -4.33. The number of hydrogen-bond acceptors (Lipinski definition) is 6. The number of carbonyl (C=O) groups is 2. The Morgan fingerprint density at radius 3 is 2.35 bits per heavy atom. The van der Waals surface area contributed by atoms with Gasteiger partial charge in [-0.2, -0.15) is 8.42 Å². The summed E-state index contributed by atoms with van der Waals surface area (Å²) in [6, 6.07) is 12.1. The number of aromatic nitrogens is 1. The predicted octanol–water partition coefficient (Wildman–Crippen LogP) is 3.98. The Morgan fingerprint density at radius 2 is 1.70 bits per heavy atom. The Kier molecular flexibility index (Phi) is 6.94. The summed E-state index contributed by atoms with van der Waals surface area (Å²) in [5.74, 6) is -1.90. The van der Waals surface area contributed by atoms with Crippen LogP contribution in [0, 0.1) is 0 Å². The lowest BCUT2D eigenvalue weighted by Gasteiger charge is -2.21. The van der Waals surface area contributed by atoms with Gasteiger partial charge >= 0.3 is 22.6 Å². The predicted molar refractivity (Wildman–Crippen MR) is 128 cm³/mol. The van der Waals surface area contributed by atoms with Crippen molar-refractivity contribution in [1.82, 2.24) is 10.3 Å². The maximum atomic E-state index is 13.1. The van der Waals surface area contributed by atoms with Crippen LogP contribution < -0.4 is 24.4 Å². The molecular formula is C23H20F3N5O5S. The number of amides is 3. The van der Waals surface area contributed by atoms with Crippen molar-refractivity contribution in [3.05, 3.63) is 78.6 Å². The van der Waals surface area contributed by atoms with Crippen molar-refractivity contribution < 1.29 is 35.9 Å². The lowest BCUT2D eigenvalue weighted by atomic mass is 9.93. The van der Waals surface area contributed by atoms with Gasteiger partial charge in [0.25, 0.3) is 5.91 Å². The highest BCUT2D eigenvalue weighted by Crippen LogP contribution is 2.32. The molecule has 3 amide bonds. The number of imide groups is 1. The summed E-state index contributed by atoms with van der Waals surface area (Å²) in [6.07, 6.45) is -2.20. The number of halogens is 3. The Morgan fingerprint density at radius 1 is 1.03 bits per heavy atom. The molecule has 37 heavy (non-hydrogen) atoms. The minimum Gasteiger partial charge on any atom is -0.406 e. The zero-order valence-corrected chi connectivity index (χ0v) is 19.9. The number of alkyl halides is 3. The molecule has 0 saturated carbocycles. The lowest BCUT2D eigenvalue weighted by molar-refractivity contribution is -0.274. The van der Waals surface area contributed by atoms with Crippen molar-refractivity contribution in [2.75, 3.05) is 14.3 Å². The quantitative estimate of drug-likeness (QED) is 0.374. The van der Waals surface area contributed by atoms with Gasteiger partial charge in [0.05, 0.1) is 23.3 Å². The number of ether oxygens (including phenoxy) is 1. The first-order chi connectivity index (χ1) is 17.4. The van der Waals surface area contributed by atoms with Crippen molar-refractivity contribution in [3.8, 4) is 5.75 Å². The SMILES string of the molecule is CC(c1ccncc1NS(=O)(=O)Nc1ccccc1)C1NC(=O)N(c2ccc(OC(F)(F)F)cc2)C1=O. The summed E-state index contributed by atoms with van der Waals surface area (Å²) >= 11 is 0. The van der Waals surface area contributed by atoms with Gasteiger partial charge in [-0.15, -0.1) is 13.2 Å². The van der Waals surface area contributed by atoms with Crippen LogP contribution in [-0.4, -0.2) is 37.7 Å². The molecule has 4 rings (SSSR count). The number of rotatable bonds is 8. The van der Waals surface area contributed by atoms with E-state index in [4.69, 9.17) is 0 Å².